The van der Waals surface area contributed by atoms with Gasteiger partial charge in [0.05, 0.1) is 6.54 Å². The number of amides is 2. The maximum atomic E-state index is 13.0. The Morgan fingerprint density at radius 3 is 2.68 bits per heavy atom. The molecule has 1 aromatic heterocycles. The summed E-state index contributed by atoms with van der Waals surface area (Å²) in [6.45, 7) is 0.873. The topological polar surface area (TPSA) is 71.5 Å². The lowest BCUT2D eigenvalue weighted by molar-refractivity contribution is -0.125. The van der Waals surface area contributed by atoms with Crippen molar-refractivity contribution in [1.29, 1.82) is 0 Å². The first-order valence-corrected chi connectivity index (χ1v) is 10.5. The minimum Gasteiger partial charge on any atom is -0.437 e. The van der Waals surface area contributed by atoms with Gasteiger partial charge in [-0.15, -0.1) is 0 Å². The lowest BCUT2D eigenvalue weighted by atomic mass is 10.1. The zero-order valence-electron chi connectivity index (χ0n) is 16.9. The highest BCUT2D eigenvalue weighted by Crippen LogP contribution is 2.37. The summed E-state index contributed by atoms with van der Waals surface area (Å²) in [5, 5.41) is 3.56. The van der Waals surface area contributed by atoms with Crippen LogP contribution in [0.3, 0.4) is 0 Å². The lowest BCUT2D eigenvalue weighted by Gasteiger charge is -2.21. The molecule has 0 fully saturated rings. The second kappa shape index (κ2) is 9.62. The number of carbonyl (C=O) groups excluding carboxylic acids is 2. The summed E-state index contributed by atoms with van der Waals surface area (Å²) in [5.41, 5.74) is 2.58. The first-order chi connectivity index (χ1) is 15.1. The molecule has 3 aromatic rings. The molecule has 158 valence electrons. The molecule has 0 saturated carbocycles. The van der Waals surface area contributed by atoms with Crippen LogP contribution in [-0.2, 0) is 22.6 Å². The molecule has 6 nitrogen and oxygen atoms in total. The number of ether oxygens (including phenoxy) is 1. The fourth-order valence-electron chi connectivity index (χ4n) is 3.42. The van der Waals surface area contributed by atoms with Crippen molar-refractivity contribution < 1.29 is 14.3 Å². The van der Waals surface area contributed by atoms with Crippen LogP contribution in [0.4, 0.5) is 5.69 Å². The maximum Gasteiger partial charge on any atom is 0.243 e. The van der Waals surface area contributed by atoms with E-state index in [2.05, 4.69) is 10.3 Å². The van der Waals surface area contributed by atoms with Crippen LogP contribution in [-0.4, -0.2) is 23.3 Å². The van der Waals surface area contributed by atoms with Gasteiger partial charge in [0.15, 0.2) is 0 Å². The molecule has 0 saturated heterocycles. The van der Waals surface area contributed by atoms with E-state index in [1.807, 2.05) is 48.5 Å². The van der Waals surface area contributed by atoms with Gasteiger partial charge >= 0.3 is 0 Å². The van der Waals surface area contributed by atoms with Crippen LogP contribution < -0.4 is 15.0 Å². The number of pyridine rings is 1. The Bertz CT molecular complexity index is 1090. The van der Waals surface area contributed by atoms with Gasteiger partial charge in [0.25, 0.3) is 0 Å². The monoisotopic (exact) mass is 435 g/mol. The van der Waals surface area contributed by atoms with Crippen LogP contribution in [0.5, 0.6) is 11.6 Å². The minimum atomic E-state index is -0.153. The number of carbonyl (C=O) groups is 2. The van der Waals surface area contributed by atoms with Crippen LogP contribution >= 0.6 is 11.6 Å². The third-order valence-electron chi connectivity index (χ3n) is 5.07. The molecule has 2 aromatic carbocycles. The van der Waals surface area contributed by atoms with Crippen LogP contribution in [0.15, 0.2) is 66.9 Å². The van der Waals surface area contributed by atoms with Crippen molar-refractivity contribution in [1.82, 2.24) is 10.3 Å². The van der Waals surface area contributed by atoms with E-state index in [1.165, 1.54) is 0 Å². The molecule has 1 aliphatic heterocycles. The highest BCUT2D eigenvalue weighted by molar-refractivity contribution is 6.30. The summed E-state index contributed by atoms with van der Waals surface area (Å²) in [6.07, 6.45) is 2.55. The molecule has 0 unspecified atom stereocenters. The SMILES string of the molecule is O=C(CCC(=O)N1Cc2ccccc2Oc2ncccc21)NCCc1ccc(Cl)cc1. The predicted molar refractivity (Wildman–Crippen MR) is 119 cm³/mol. The van der Waals surface area contributed by atoms with E-state index in [1.54, 1.807) is 23.2 Å². The lowest BCUT2D eigenvalue weighted by Crippen LogP contribution is -2.32. The molecule has 2 heterocycles. The Kier molecular flexibility index (Phi) is 6.48. The zero-order valence-corrected chi connectivity index (χ0v) is 17.6. The standard InChI is InChI=1S/C24H22ClN3O3/c25-19-9-7-17(8-10-19)13-15-26-22(29)11-12-23(30)28-16-18-4-1-2-6-21(18)31-24-20(28)5-3-14-27-24/h1-10,14H,11-13,15-16H2,(H,26,29). The van der Waals surface area contributed by atoms with E-state index < -0.39 is 0 Å². The summed E-state index contributed by atoms with van der Waals surface area (Å²) in [4.78, 5) is 31.2. The zero-order chi connectivity index (χ0) is 21.6. The molecule has 0 atom stereocenters. The summed E-state index contributed by atoms with van der Waals surface area (Å²) < 4.78 is 5.92. The number of fused-ring (bicyclic) bond motifs is 2. The van der Waals surface area contributed by atoms with Crippen molar-refractivity contribution >= 4 is 29.1 Å². The fourth-order valence-corrected chi connectivity index (χ4v) is 3.55. The van der Waals surface area contributed by atoms with Gasteiger partial charge in [0.1, 0.15) is 11.4 Å². The van der Waals surface area contributed by atoms with Crippen molar-refractivity contribution in [2.24, 2.45) is 0 Å². The van der Waals surface area contributed by atoms with Crippen LogP contribution in [0, 0.1) is 0 Å². The van der Waals surface area contributed by atoms with Crippen molar-refractivity contribution in [2.75, 3.05) is 11.4 Å². The summed E-state index contributed by atoms with van der Waals surface area (Å²) >= 11 is 5.88. The van der Waals surface area contributed by atoms with Gasteiger partial charge in [-0.25, -0.2) is 4.98 Å². The normalized spacial score (nSPS) is 12.2. The number of nitrogens with one attached hydrogen (secondary N) is 1. The number of hydrogen-bond acceptors (Lipinski definition) is 4. The minimum absolute atomic E-state index is 0.100. The second-order valence-corrected chi connectivity index (χ2v) is 7.68. The smallest absolute Gasteiger partial charge is 0.243 e. The number of hydrogen-bond donors (Lipinski definition) is 1. The fraction of sp³-hybridized carbons (Fsp3) is 0.208. The first kappa shape index (κ1) is 20.9. The largest absolute Gasteiger partial charge is 0.437 e. The van der Waals surface area contributed by atoms with Crippen molar-refractivity contribution in [3.8, 4) is 11.6 Å². The van der Waals surface area contributed by atoms with E-state index in [0.29, 0.717) is 41.8 Å². The molecule has 4 rings (SSSR count). The summed E-state index contributed by atoms with van der Waals surface area (Å²) in [7, 11) is 0. The number of halogens is 1. The first-order valence-electron chi connectivity index (χ1n) is 10.1. The average molecular weight is 436 g/mol. The van der Waals surface area contributed by atoms with Gasteiger partial charge in [-0.1, -0.05) is 41.9 Å². The summed E-state index contributed by atoms with van der Waals surface area (Å²) in [6, 6.07) is 18.7. The highest BCUT2D eigenvalue weighted by Gasteiger charge is 2.26. The molecular formula is C24H22ClN3O3. The third-order valence-corrected chi connectivity index (χ3v) is 5.32. The number of nitrogens with zero attached hydrogens (tertiary/aromatic N) is 2. The Balaban J connectivity index is 1.35. The highest BCUT2D eigenvalue weighted by atomic mass is 35.5. The number of benzene rings is 2. The Morgan fingerprint density at radius 2 is 1.84 bits per heavy atom. The summed E-state index contributed by atoms with van der Waals surface area (Å²) in [5.74, 6) is 0.758. The van der Waals surface area contributed by atoms with Crippen LogP contribution in [0.2, 0.25) is 5.02 Å². The van der Waals surface area contributed by atoms with Gasteiger partial charge in [0.2, 0.25) is 17.7 Å². The molecule has 0 aliphatic carbocycles. The van der Waals surface area contributed by atoms with E-state index in [-0.39, 0.29) is 24.7 Å². The van der Waals surface area contributed by atoms with Crippen molar-refractivity contribution in [2.45, 2.75) is 25.8 Å². The Hall–Kier alpha value is -3.38. The van der Waals surface area contributed by atoms with Crippen molar-refractivity contribution in [3.63, 3.8) is 0 Å². The van der Waals surface area contributed by atoms with Crippen molar-refractivity contribution in [3.05, 3.63) is 83.0 Å². The number of para-hydroxylation sites is 1. The van der Waals surface area contributed by atoms with Gasteiger partial charge in [-0.05, 0) is 42.3 Å². The van der Waals surface area contributed by atoms with Crippen LogP contribution in [0.25, 0.3) is 0 Å². The molecule has 0 radical (unpaired) electrons. The van der Waals surface area contributed by atoms with E-state index in [0.717, 1.165) is 11.1 Å². The molecule has 2 amide bonds. The predicted octanol–water partition coefficient (Wildman–Crippen LogP) is 4.51. The number of aromatic nitrogens is 1. The molecule has 0 bridgehead atoms. The van der Waals surface area contributed by atoms with Gasteiger partial charge in [-0.3, -0.25) is 9.59 Å². The van der Waals surface area contributed by atoms with Crippen LogP contribution in [0.1, 0.15) is 24.0 Å². The third kappa shape index (κ3) is 5.22. The molecule has 0 spiro atoms. The quantitative estimate of drug-likeness (QED) is 0.618. The second-order valence-electron chi connectivity index (χ2n) is 7.24. The van der Waals surface area contributed by atoms with Gasteiger partial charge in [-0.2, -0.15) is 0 Å². The van der Waals surface area contributed by atoms with Gasteiger partial charge in [0, 0.05) is 36.2 Å². The molecule has 1 aliphatic rings. The molecule has 7 heteroatoms. The van der Waals surface area contributed by atoms with E-state index in [9.17, 15) is 9.59 Å². The molecular weight excluding hydrogens is 414 g/mol. The maximum absolute atomic E-state index is 13.0. The van der Waals surface area contributed by atoms with Gasteiger partial charge < -0.3 is 15.0 Å². The number of rotatable bonds is 6. The number of anilines is 1. The molecule has 1 N–H and O–H groups in total. The Morgan fingerprint density at radius 1 is 1.03 bits per heavy atom. The average Bonchev–Trinajstić information content (AvgIpc) is 2.95. The molecule has 31 heavy (non-hydrogen) atoms. The van der Waals surface area contributed by atoms with E-state index >= 15 is 0 Å². The van der Waals surface area contributed by atoms with E-state index in [4.69, 9.17) is 16.3 Å². The Labute approximate surface area is 185 Å².